The molecule has 0 bridgehead atoms. The van der Waals surface area contributed by atoms with Gasteiger partial charge in [-0.25, -0.2) is 4.79 Å². The zero-order valence-corrected chi connectivity index (χ0v) is 17.5. The first kappa shape index (κ1) is 21.6. The number of Topliss-reactive ketones (excluding diaryl/α,β-unsaturated/α-hetero) is 1. The number of fused-ring (bicyclic) bond motifs is 2. The molecule has 0 saturated carbocycles. The van der Waals surface area contributed by atoms with Crippen LogP contribution in [0.25, 0.3) is 10.8 Å². The zero-order valence-electron chi connectivity index (χ0n) is 17.5. The number of aliphatic hydroxyl groups is 2. The topological polar surface area (TPSA) is 171 Å². The van der Waals surface area contributed by atoms with Crippen LogP contribution < -0.4 is 5.73 Å². The van der Waals surface area contributed by atoms with Gasteiger partial charge in [-0.2, -0.15) is 0 Å². The van der Waals surface area contributed by atoms with Crippen molar-refractivity contribution in [2.24, 2.45) is 11.7 Å². The summed E-state index contributed by atoms with van der Waals surface area (Å²) in [5, 5.41) is 43.1. The molecule has 0 saturated heterocycles. The summed E-state index contributed by atoms with van der Waals surface area (Å²) in [6, 6.07) is 3.47. The molecule has 6 N–H and O–H groups in total. The third-order valence-electron chi connectivity index (χ3n) is 6.25. The number of phenolic OH excluding ortho intramolecular Hbond substituents is 2. The quantitative estimate of drug-likeness (QED) is 0.336. The maximum atomic E-state index is 12.8. The highest BCUT2D eigenvalue weighted by Gasteiger charge is 2.54. The van der Waals surface area contributed by atoms with Crippen molar-refractivity contribution in [3.63, 3.8) is 0 Å². The lowest BCUT2D eigenvalue weighted by atomic mass is 9.74. The molecule has 1 amide bonds. The van der Waals surface area contributed by atoms with Crippen LogP contribution in [0, 0.1) is 12.8 Å². The lowest BCUT2D eigenvalue weighted by Crippen LogP contribution is -2.54. The number of ketones is 1. The fraction of sp³-hybridized carbons (Fsp3) is 0.318. The van der Waals surface area contributed by atoms with E-state index < -0.39 is 58.9 Å². The van der Waals surface area contributed by atoms with Crippen LogP contribution in [0.1, 0.15) is 27.6 Å². The van der Waals surface area contributed by atoms with Gasteiger partial charge in [0.05, 0.1) is 17.3 Å². The van der Waals surface area contributed by atoms with E-state index in [4.69, 9.17) is 10.5 Å². The van der Waals surface area contributed by atoms with E-state index in [1.807, 2.05) is 0 Å². The number of carbonyl (C=O) groups excluding carboxylic acids is 3. The molecular formula is C22H22N2O8. The SMILES string of the molecule is Cc1c2c(c(O)c3c(O)cccc13)C(=O)O[C@H]2C1C(N(C)C)C(O)=C(C(N)=O)C(=O)[C@H]1O. The number of esters is 1. The second-order valence-electron chi connectivity index (χ2n) is 8.21. The van der Waals surface area contributed by atoms with Crippen LogP contribution in [0.5, 0.6) is 11.5 Å². The number of benzene rings is 2. The van der Waals surface area contributed by atoms with Crippen LogP contribution >= 0.6 is 0 Å². The number of rotatable bonds is 3. The van der Waals surface area contributed by atoms with Gasteiger partial charge in [-0.15, -0.1) is 0 Å². The summed E-state index contributed by atoms with van der Waals surface area (Å²) in [6.07, 6.45) is -3.07. The Morgan fingerprint density at radius 2 is 1.81 bits per heavy atom. The standard InChI is InChI=1S/C22H22N2O8/c1-7-8-5-4-6-9(25)11(8)16(26)12-10(7)20(32-22(12)31)13-15(24(2)3)17(27)14(21(23)30)19(29)18(13)28/h4-6,13,15,18,20,25-28H,1-3H3,(H2,23,30)/t13?,15?,18-,20+/m0/s1. The van der Waals surface area contributed by atoms with Crippen LogP contribution in [0.4, 0.5) is 0 Å². The van der Waals surface area contributed by atoms with E-state index >= 15 is 0 Å². The van der Waals surface area contributed by atoms with Crippen molar-refractivity contribution in [2.75, 3.05) is 14.1 Å². The van der Waals surface area contributed by atoms with Crippen LogP contribution in [0.3, 0.4) is 0 Å². The number of nitrogens with zero attached hydrogens (tertiary/aromatic N) is 1. The molecule has 32 heavy (non-hydrogen) atoms. The number of nitrogens with two attached hydrogens (primary N) is 1. The highest BCUT2D eigenvalue weighted by Crippen LogP contribution is 2.51. The molecule has 1 aliphatic carbocycles. The number of ether oxygens (including phenoxy) is 1. The third kappa shape index (κ3) is 2.76. The van der Waals surface area contributed by atoms with E-state index in [0.29, 0.717) is 10.9 Å². The van der Waals surface area contributed by atoms with E-state index in [1.54, 1.807) is 33.2 Å². The van der Waals surface area contributed by atoms with Crippen molar-refractivity contribution in [1.29, 1.82) is 0 Å². The Bertz CT molecular complexity index is 1230. The van der Waals surface area contributed by atoms with Crippen molar-refractivity contribution >= 4 is 28.4 Å². The van der Waals surface area contributed by atoms with Gasteiger partial charge in [0.15, 0.2) is 0 Å². The molecule has 2 aromatic rings. The predicted octanol–water partition coefficient (Wildman–Crippen LogP) is 0.558. The van der Waals surface area contributed by atoms with Gasteiger partial charge >= 0.3 is 5.97 Å². The molecule has 0 radical (unpaired) electrons. The van der Waals surface area contributed by atoms with Crippen LogP contribution in [-0.4, -0.2) is 69.2 Å². The molecular weight excluding hydrogens is 420 g/mol. The predicted molar refractivity (Wildman–Crippen MR) is 111 cm³/mol. The third-order valence-corrected chi connectivity index (χ3v) is 6.25. The van der Waals surface area contributed by atoms with Gasteiger partial charge in [0, 0.05) is 5.56 Å². The van der Waals surface area contributed by atoms with Gasteiger partial charge in [0.2, 0.25) is 5.78 Å². The van der Waals surface area contributed by atoms with Crippen LogP contribution in [0.2, 0.25) is 0 Å². The van der Waals surface area contributed by atoms with E-state index in [2.05, 4.69) is 0 Å². The minimum Gasteiger partial charge on any atom is -0.510 e. The lowest BCUT2D eigenvalue weighted by Gasteiger charge is -2.40. The number of hydrogen-bond acceptors (Lipinski definition) is 9. The average Bonchev–Trinajstić information content (AvgIpc) is 3.05. The van der Waals surface area contributed by atoms with Gasteiger partial charge < -0.3 is 30.9 Å². The zero-order chi connectivity index (χ0) is 23.6. The minimum absolute atomic E-state index is 0.0736. The van der Waals surface area contributed by atoms with Crippen molar-refractivity contribution in [3.05, 3.63) is 46.2 Å². The molecule has 2 unspecified atom stereocenters. The Balaban J connectivity index is 1.99. The molecule has 0 spiro atoms. The number of aryl methyl sites for hydroxylation is 1. The second-order valence-corrected chi connectivity index (χ2v) is 8.21. The summed E-state index contributed by atoms with van der Waals surface area (Å²) >= 11 is 0. The summed E-state index contributed by atoms with van der Waals surface area (Å²) in [7, 11) is 3.10. The molecule has 10 heteroatoms. The number of hydrogen-bond donors (Lipinski definition) is 5. The maximum absolute atomic E-state index is 12.8. The average molecular weight is 442 g/mol. The summed E-state index contributed by atoms with van der Waals surface area (Å²) in [5.41, 5.74) is 5.05. The van der Waals surface area contributed by atoms with Crippen molar-refractivity contribution in [2.45, 2.75) is 25.2 Å². The molecule has 4 rings (SSSR count). The fourth-order valence-corrected chi connectivity index (χ4v) is 4.87. The Kier molecular flexibility index (Phi) is 4.87. The van der Waals surface area contributed by atoms with Gasteiger partial charge in [-0.3, -0.25) is 14.5 Å². The van der Waals surface area contributed by atoms with E-state index in [1.165, 1.54) is 11.0 Å². The number of aromatic hydroxyl groups is 2. The number of cyclic esters (lactones) is 1. The number of likely N-dealkylation sites (N-methyl/N-ethyl adjacent to an activating group) is 1. The Morgan fingerprint density at radius 3 is 2.41 bits per heavy atom. The first-order chi connectivity index (χ1) is 15.0. The lowest BCUT2D eigenvalue weighted by molar-refractivity contribution is -0.136. The smallest absolute Gasteiger partial charge is 0.343 e. The number of phenols is 2. The number of amides is 1. The molecule has 2 aliphatic rings. The van der Waals surface area contributed by atoms with E-state index in [0.717, 1.165) is 0 Å². The largest absolute Gasteiger partial charge is 0.510 e. The normalized spacial score (nSPS) is 25.4. The first-order valence-corrected chi connectivity index (χ1v) is 9.78. The van der Waals surface area contributed by atoms with E-state index in [9.17, 15) is 34.8 Å². The first-order valence-electron chi connectivity index (χ1n) is 9.78. The molecule has 1 heterocycles. The Morgan fingerprint density at radius 1 is 1.16 bits per heavy atom. The van der Waals surface area contributed by atoms with Gasteiger partial charge in [-0.05, 0) is 38.0 Å². The van der Waals surface area contributed by atoms with Crippen LogP contribution in [-0.2, 0) is 14.3 Å². The highest BCUT2D eigenvalue weighted by molar-refractivity contribution is 6.21. The highest BCUT2D eigenvalue weighted by atomic mass is 16.6. The minimum atomic E-state index is -1.83. The summed E-state index contributed by atoms with van der Waals surface area (Å²) in [6.45, 7) is 1.65. The number of aliphatic hydroxyl groups excluding tert-OH is 2. The molecule has 1 aliphatic heterocycles. The number of carbonyl (C=O) groups is 3. The second kappa shape index (κ2) is 7.21. The summed E-state index contributed by atoms with van der Waals surface area (Å²) in [4.78, 5) is 38.7. The maximum Gasteiger partial charge on any atom is 0.343 e. The summed E-state index contributed by atoms with van der Waals surface area (Å²) < 4.78 is 5.52. The van der Waals surface area contributed by atoms with Crippen molar-refractivity contribution < 1.29 is 39.5 Å². The van der Waals surface area contributed by atoms with Crippen molar-refractivity contribution in [3.8, 4) is 11.5 Å². The molecule has 0 aromatic heterocycles. The Labute approximate surface area is 182 Å². The molecule has 10 nitrogen and oxygen atoms in total. The van der Waals surface area contributed by atoms with Crippen molar-refractivity contribution in [1.82, 2.24) is 4.90 Å². The molecule has 4 atom stereocenters. The van der Waals surface area contributed by atoms with E-state index in [-0.39, 0.29) is 22.3 Å². The monoisotopic (exact) mass is 442 g/mol. The number of primary amides is 1. The molecule has 0 fully saturated rings. The summed E-state index contributed by atoms with van der Waals surface area (Å²) in [5.74, 6) is -5.73. The van der Waals surface area contributed by atoms with Crippen LogP contribution in [0.15, 0.2) is 29.5 Å². The van der Waals surface area contributed by atoms with Gasteiger partial charge in [-0.1, -0.05) is 12.1 Å². The van der Waals surface area contributed by atoms with Gasteiger partial charge in [0.1, 0.15) is 40.6 Å². The molecule has 2 aromatic carbocycles. The molecule has 168 valence electrons. The fourth-order valence-electron chi connectivity index (χ4n) is 4.87. The van der Waals surface area contributed by atoms with Gasteiger partial charge in [0.25, 0.3) is 5.91 Å². The Hall–Kier alpha value is -3.63.